The van der Waals surface area contributed by atoms with Gasteiger partial charge in [-0.15, -0.1) is 0 Å². The lowest BCUT2D eigenvalue weighted by molar-refractivity contribution is -0.888. The second-order valence-corrected chi connectivity index (χ2v) is 6.66. The van der Waals surface area contributed by atoms with Gasteiger partial charge in [0, 0.05) is 0 Å². The molecule has 2 heteroatoms. The van der Waals surface area contributed by atoms with Gasteiger partial charge in [-0.25, -0.2) is 0 Å². The van der Waals surface area contributed by atoms with Gasteiger partial charge in [0.1, 0.15) is 0 Å². The van der Waals surface area contributed by atoms with E-state index in [4.69, 9.17) is 0 Å². The van der Waals surface area contributed by atoms with Crippen molar-refractivity contribution in [2.24, 2.45) is 0 Å². The first-order valence-corrected chi connectivity index (χ1v) is 8.73. The van der Waals surface area contributed by atoms with Crippen molar-refractivity contribution in [2.45, 2.75) is 96.4 Å². The summed E-state index contributed by atoms with van der Waals surface area (Å²) in [5.74, 6) is 0. The molecule has 0 N–H and O–H groups in total. The minimum atomic E-state index is 0.0375. The van der Waals surface area contributed by atoms with Gasteiger partial charge in [0.25, 0.3) is 0 Å². The van der Waals surface area contributed by atoms with Crippen LogP contribution in [0.15, 0.2) is 0 Å². The summed E-state index contributed by atoms with van der Waals surface area (Å²) in [4.78, 5) is 0. The Morgan fingerprint density at radius 2 is 1.37 bits per heavy atom. The van der Waals surface area contributed by atoms with E-state index in [1.54, 1.807) is 0 Å². The molecule has 2 nitrogen and oxygen atoms in total. The molecule has 1 saturated carbocycles. The van der Waals surface area contributed by atoms with Crippen molar-refractivity contribution in [2.75, 3.05) is 13.6 Å². The normalized spacial score (nSPS) is 20.4. The molecule has 0 aromatic rings. The van der Waals surface area contributed by atoms with Gasteiger partial charge in [-0.1, -0.05) is 51.9 Å². The first-order chi connectivity index (χ1) is 9.17. The average Bonchev–Trinajstić information content (AvgIpc) is 2.43. The van der Waals surface area contributed by atoms with Crippen LogP contribution in [0, 0.1) is 5.21 Å². The monoisotopic (exact) mass is 269 g/mol. The van der Waals surface area contributed by atoms with Crippen LogP contribution in [0.25, 0.3) is 0 Å². The molecule has 0 spiro atoms. The van der Waals surface area contributed by atoms with Gasteiger partial charge in [-0.05, 0) is 38.5 Å². The maximum atomic E-state index is 12.6. The highest BCUT2D eigenvalue weighted by Crippen LogP contribution is 2.26. The molecule has 0 aromatic carbocycles. The van der Waals surface area contributed by atoms with Crippen LogP contribution in [0.5, 0.6) is 0 Å². The van der Waals surface area contributed by atoms with Crippen molar-refractivity contribution >= 4 is 0 Å². The van der Waals surface area contributed by atoms with E-state index in [1.807, 2.05) is 7.05 Å². The second-order valence-electron chi connectivity index (χ2n) is 6.66. The quantitative estimate of drug-likeness (QED) is 0.296. The van der Waals surface area contributed by atoms with Crippen LogP contribution in [-0.2, 0) is 0 Å². The SMILES string of the molecule is CCCCCCCCCC[N+](C)([O-])C1CCCCC1. The summed E-state index contributed by atoms with van der Waals surface area (Å²) in [5, 5.41) is 12.6. The highest BCUT2D eigenvalue weighted by Gasteiger charge is 2.25. The Morgan fingerprint density at radius 3 is 1.95 bits per heavy atom. The van der Waals surface area contributed by atoms with E-state index in [9.17, 15) is 5.21 Å². The minimum absolute atomic E-state index is 0.0375. The Kier molecular flexibility index (Phi) is 8.72. The molecular formula is C17H35NO. The zero-order chi connectivity index (χ0) is 14.0. The fourth-order valence-corrected chi connectivity index (χ4v) is 3.37. The van der Waals surface area contributed by atoms with Gasteiger partial charge in [-0.3, -0.25) is 0 Å². The third-order valence-corrected chi connectivity index (χ3v) is 4.80. The zero-order valence-corrected chi connectivity index (χ0v) is 13.3. The molecule has 0 bridgehead atoms. The van der Waals surface area contributed by atoms with Crippen molar-refractivity contribution in [1.82, 2.24) is 0 Å². The van der Waals surface area contributed by atoms with Gasteiger partial charge < -0.3 is 9.85 Å². The molecule has 1 aliphatic carbocycles. The Labute approximate surface area is 120 Å². The van der Waals surface area contributed by atoms with Crippen molar-refractivity contribution < 1.29 is 4.65 Å². The standard InChI is InChI=1S/C17H35NO/c1-3-4-5-6-7-8-9-13-16-18(2,19)17-14-11-10-12-15-17/h17H,3-16H2,1-2H3. The zero-order valence-electron chi connectivity index (χ0n) is 13.3. The fourth-order valence-electron chi connectivity index (χ4n) is 3.37. The minimum Gasteiger partial charge on any atom is -0.633 e. The van der Waals surface area contributed by atoms with Crippen LogP contribution in [0.4, 0.5) is 0 Å². The third-order valence-electron chi connectivity index (χ3n) is 4.80. The molecule has 1 fully saturated rings. The molecule has 0 saturated heterocycles. The van der Waals surface area contributed by atoms with Crippen molar-refractivity contribution in [1.29, 1.82) is 0 Å². The maximum Gasteiger partial charge on any atom is 0.0885 e. The topological polar surface area (TPSA) is 23.1 Å². The van der Waals surface area contributed by atoms with Gasteiger partial charge in [0.05, 0.1) is 19.6 Å². The molecule has 1 aliphatic rings. The first-order valence-electron chi connectivity index (χ1n) is 8.73. The second kappa shape index (κ2) is 9.77. The molecule has 0 radical (unpaired) electrons. The van der Waals surface area contributed by atoms with Crippen molar-refractivity contribution in [3.8, 4) is 0 Å². The van der Waals surface area contributed by atoms with Gasteiger partial charge >= 0.3 is 0 Å². The molecule has 1 unspecified atom stereocenters. The van der Waals surface area contributed by atoms with Crippen molar-refractivity contribution in [3.05, 3.63) is 5.21 Å². The van der Waals surface area contributed by atoms with E-state index in [0.717, 1.165) is 25.8 Å². The number of hydrogen-bond acceptors (Lipinski definition) is 1. The molecule has 114 valence electrons. The van der Waals surface area contributed by atoms with Crippen LogP contribution >= 0.6 is 0 Å². The predicted molar refractivity (Wildman–Crippen MR) is 83.9 cm³/mol. The Hall–Kier alpha value is -0.0800. The molecule has 0 heterocycles. The number of hydroxylamine groups is 3. The van der Waals surface area contributed by atoms with E-state index in [1.165, 1.54) is 64.2 Å². The summed E-state index contributed by atoms with van der Waals surface area (Å²) in [6.45, 7) is 3.11. The summed E-state index contributed by atoms with van der Waals surface area (Å²) >= 11 is 0. The van der Waals surface area contributed by atoms with Crippen LogP contribution in [0.3, 0.4) is 0 Å². The van der Waals surface area contributed by atoms with Gasteiger partial charge in [-0.2, -0.15) is 0 Å². The fraction of sp³-hybridized carbons (Fsp3) is 1.00. The molecular weight excluding hydrogens is 234 g/mol. The van der Waals surface area contributed by atoms with Crippen LogP contribution in [-0.4, -0.2) is 24.3 Å². The number of nitrogens with zero attached hydrogens (tertiary/aromatic N) is 1. The lowest BCUT2D eigenvalue weighted by Crippen LogP contribution is -2.48. The summed E-state index contributed by atoms with van der Waals surface area (Å²) in [6, 6.07) is 0.401. The van der Waals surface area contributed by atoms with Gasteiger partial charge in [0.2, 0.25) is 0 Å². The highest BCUT2D eigenvalue weighted by molar-refractivity contribution is 4.67. The van der Waals surface area contributed by atoms with E-state index in [0.29, 0.717) is 6.04 Å². The predicted octanol–water partition coefficient (Wildman–Crippen LogP) is 5.40. The van der Waals surface area contributed by atoms with Gasteiger partial charge in [0.15, 0.2) is 0 Å². The largest absolute Gasteiger partial charge is 0.633 e. The van der Waals surface area contributed by atoms with Crippen LogP contribution < -0.4 is 0 Å². The highest BCUT2D eigenvalue weighted by atomic mass is 16.5. The first kappa shape index (κ1) is 17.0. The molecule has 19 heavy (non-hydrogen) atoms. The Bertz CT molecular complexity index is 209. The Balaban J connectivity index is 2.00. The maximum absolute atomic E-state index is 12.6. The summed E-state index contributed by atoms with van der Waals surface area (Å²) < 4.78 is 0.0375. The lowest BCUT2D eigenvalue weighted by atomic mass is 9.94. The molecule has 1 rings (SSSR count). The number of quaternary nitrogens is 1. The summed E-state index contributed by atoms with van der Waals surface area (Å²) in [6.07, 6.45) is 16.8. The van der Waals surface area contributed by atoms with E-state index in [-0.39, 0.29) is 4.65 Å². The molecule has 0 aromatic heterocycles. The van der Waals surface area contributed by atoms with E-state index < -0.39 is 0 Å². The van der Waals surface area contributed by atoms with Crippen molar-refractivity contribution in [3.63, 3.8) is 0 Å². The van der Waals surface area contributed by atoms with Crippen LogP contribution in [0.2, 0.25) is 0 Å². The molecule has 0 aliphatic heterocycles. The molecule has 0 amide bonds. The summed E-state index contributed by atoms with van der Waals surface area (Å²) in [7, 11) is 1.91. The average molecular weight is 269 g/mol. The van der Waals surface area contributed by atoms with E-state index in [2.05, 4.69) is 6.92 Å². The number of hydrogen-bond donors (Lipinski definition) is 0. The number of rotatable bonds is 10. The Morgan fingerprint density at radius 1 is 0.842 bits per heavy atom. The van der Waals surface area contributed by atoms with E-state index >= 15 is 0 Å². The molecule has 1 atom stereocenters. The number of unbranched alkanes of at least 4 members (excludes halogenated alkanes) is 7. The summed E-state index contributed by atoms with van der Waals surface area (Å²) in [5.41, 5.74) is 0. The lowest BCUT2D eigenvalue weighted by Gasteiger charge is -2.47. The third kappa shape index (κ3) is 7.31. The van der Waals surface area contributed by atoms with Crippen LogP contribution in [0.1, 0.15) is 90.4 Å². The smallest absolute Gasteiger partial charge is 0.0885 e.